The van der Waals surface area contributed by atoms with E-state index in [0.717, 1.165) is 17.0 Å². The summed E-state index contributed by atoms with van der Waals surface area (Å²) in [4.78, 5) is 38.7. The number of nitrogens with zero attached hydrogens (tertiary/aromatic N) is 1. The quantitative estimate of drug-likeness (QED) is 0.646. The van der Waals surface area contributed by atoms with Gasteiger partial charge in [0.1, 0.15) is 24.6 Å². The molecule has 28 heavy (non-hydrogen) atoms. The van der Waals surface area contributed by atoms with Crippen LogP contribution in [0.2, 0.25) is 0 Å². The Bertz CT molecular complexity index is 975. The molecule has 144 valence electrons. The zero-order chi connectivity index (χ0) is 19.9. The fourth-order valence-electron chi connectivity index (χ4n) is 3.26. The van der Waals surface area contributed by atoms with Gasteiger partial charge in [-0.25, -0.2) is 9.18 Å². The number of nitrogens with one attached hydrogen (secondary N) is 1. The van der Waals surface area contributed by atoms with E-state index in [1.807, 2.05) is 0 Å². The molecule has 3 amide bonds. The highest BCUT2D eigenvalue weighted by Crippen LogP contribution is 2.36. The number of ether oxygens (including phenoxy) is 2. The molecular weight excluding hydrogens is 367 g/mol. The maximum absolute atomic E-state index is 13.0. The van der Waals surface area contributed by atoms with Crippen molar-refractivity contribution >= 4 is 17.7 Å². The summed E-state index contributed by atoms with van der Waals surface area (Å²) in [5.41, 5.74) is -0.600. The van der Waals surface area contributed by atoms with Gasteiger partial charge in [0.25, 0.3) is 5.91 Å². The molecule has 0 aliphatic carbocycles. The minimum absolute atomic E-state index is 0.218. The molecule has 2 heterocycles. The number of halogens is 1. The molecule has 2 aromatic rings. The molecule has 2 aromatic carbocycles. The third kappa shape index (κ3) is 2.96. The summed E-state index contributed by atoms with van der Waals surface area (Å²) in [7, 11) is 0. The molecule has 7 nitrogen and oxygen atoms in total. The number of rotatable bonds is 4. The molecule has 1 atom stereocenters. The van der Waals surface area contributed by atoms with Crippen molar-refractivity contribution in [3.8, 4) is 11.5 Å². The summed E-state index contributed by atoms with van der Waals surface area (Å²) in [5.74, 6) is -0.427. The number of imide groups is 1. The van der Waals surface area contributed by atoms with Crippen LogP contribution in [0.25, 0.3) is 0 Å². The predicted molar refractivity (Wildman–Crippen MR) is 95.8 cm³/mol. The second kappa shape index (κ2) is 6.63. The van der Waals surface area contributed by atoms with Crippen LogP contribution in [0.1, 0.15) is 22.8 Å². The van der Waals surface area contributed by atoms with Crippen LogP contribution < -0.4 is 14.8 Å². The number of carbonyl (C=O) groups excluding carboxylic acids is 3. The fourth-order valence-corrected chi connectivity index (χ4v) is 3.26. The summed E-state index contributed by atoms with van der Waals surface area (Å²) >= 11 is 0. The molecule has 4 rings (SSSR count). The van der Waals surface area contributed by atoms with E-state index in [1.54, 1.807) is 25.1 Å². The molecule has 8 heteroatoms. The number of hydrogen-bond acceptors (Lipinski definition) is 5. The molecule has 2 aliphatic rings. The SMILES string of the molecule is C[C@]1(c2ccc3c(c2)OCCO3)NC(=O)N(CC(=O)c2ccc(F)cc2)C1=O. The van der Waals surface area contributed by atoms with E-state index in [-0.39, 0.29) is 5.56 Å². The van der Waals surface area contributed by atoms with E-state index in [4.69, 9.17) is 9.47 Å². The van der Waals surface area contributed by atoms with Crippen LogP contribution in [0.5, 0.6) is 11.5 Å². The Morgan fingerprint density at radius 3 is 2.50 bits per heavy atom. The largest absolute Gasteiger partial charge is 0.486 e. The van der Waals surface area contributed by atoms with Gasteiger partial charge in [0.2, 0.25) is 0 Å². The maximum atomic E-state index is 13.0. The zero-order valence-corrected chi connectivity index (χ0v) is 15.0. The number of benzene rings is 2. The number of amides is 3. The van der Waals surface area contributed by atoms with Gasteiger partial charge in [-0.2, -0.15) is 0 Å². The number of hydrogen-bond donors (Lipinski definition) is 1. The highest BCUT2D eigenvalue weighted by Gasteiger charge is 2.49. The van der Waals surface area contributed by atoms with Crippen molar-refractivity contribution in [2.24, 2.45) is 0 Å². The van der Waals surface area contributed by atoms with Gasteiger partial charge in [-0.15, -0.1) is 0 Å². The lowest BCUT2D eigenvalue weighted by Crippen LogP contribution is -2.41. The van der Waals surface area contributed by atoms with Gasteiger partial charge >= 0.3 is 6.03 Å². The van der Waals surface area contributed by atoms with Crippen molar-refractivity contribution in [2.45, 2.75) is 12.5 Å². The van der Waals surface area contributed by atoms with Crippen LogP contribution in [-0.4, -0.2) is 42.4 Å². The van der Waals surface area contributed by atoms with Crippen LogP contribution in [0, 0.1) is 5.82 Å². The first-order valence-electron chi connectivity index (χ1n) is 8.71. The highest BCUT2D eigenvalue weighted by atomic mass is 19.1. The van der Waals surface area contributed by atoms with E-state index < -0.39 is 35.6 Å². The van der Waals surface area contributed by atoms with Crippen molar-refractivity contribution < 1.29 is 28.2 Å². The maximum Gasteiger partial charge on any atom is 0.325 e. The Morgan fingerprint density at radius 1 is 1.11 bits per heavy atom. The fraction of sp³-hybridized carbons (Fsp3) is 0.250. The molecule has 2 aliphatic heterocycles. The third-order valence-electron chi connectivity index (χ3n) is 4.86. The summed E-state index contributed by atoms with van der Waals surface area (Å²) in [6, 6.07) is 9.27. The van der Waals surface area contributed by atoms with Gasteiger partial charge in [0.15, 0.2) is 17.3 Å². The molecule has 0 bridgehead atoms. The second-order valence-electron chi connectivity index (χ2n) is 6.73. The number of urea groups is 1. The molecule has 0 saturated carbocycles. The lowest BCUT2D eigenvalue weighted by Gasteiger charge is -2.25. The monoisotopic (exact) mass is 384 g/mol. The van der Waals surface area contributed by atoms with Gasteiger partial charge in [-0.3, -0.25) is 14.5 Å². The summed E-state index contributed by atoms with van der Waals surface area (Å²) in [5, 5.41) is 2.65. The highest BCUT2D eigenvalue weighted by molar-refractivity contribution is 6.11. The topological polar surface area (TPSA) is 84.9 Å². The van der Waals surface area contributed by atoms with E-state index in [1.165, 1.54) is 12.1 Å². The molecular formula is C20H17FN2O5. The first kappa shape index (κ1) is 18.0. The lowest BCUT2D eigenvalue weighted by atomic mass is 9.91. The molecule has 1 N–H and O–H groups in total. The second-order valence-corrected chi connectivity index (χ2v) is 6.73. The molecule has 0 unspecified atom stereocenters. The van der Waals surface area contributed by atoms with Crippen molar-refractivity contribution in [2.75, 3.05) is 19.8 Å². The van der Waals surface area contributed by atoms with Crippen LogP contribution in [0.15, 0.2) is 42.5 Å². The van der Waals surface area contributed by atoms with Gasteiger partial charge < -0.3 is 14.8 Å². The van der Waals surface area contributed by atoms with Crippen molar-refractivity contribution in [3.63, 3.8) is 0 Å². The minimum Gasteiger partial charge on any atom is -0.486 e. The Morgan fingerprint density at radius 2 is 1.79 bits per heavy atom. The Hall–Kier alpha value is -3.42. The summed E-state index contributed by atoms with van der Waals surface area (Å²) in [6.45, 7) is 1.97. The predicted octanol–water partition coefficient (Wildman–Crippen LogP) is 2.25. The van der Waals surface area contributed by atoms with E-state index in [9.17, 15) is 18.8 Å². The van der Waals surface area contributed by atoms with Crippen LogP contribution in [-0.2, 0) is 10.3 Å². The van der Waals surface area contributed by atoms with Gasteiger partial charge in [0.05, 0.1) is 6.54 Å². The van der Waals surface area contributed by atoms with Crippen molar-refractivity contribution in [1.29, 1.82) is 0 Å². The standard InChI is InChI=1S/C20H17FN2O5/c1-20(13-4-7-16-17(10-13)28-9-8-27-16)18(25)23(19(26)22-20)11-15(24)12-2-5-14(21)6-3-12/h2-7,10H,8-9,11H2,1H3,(H,22,26)/t20-/m1/s1. The average Bonchev–Trinajstić information content (AvgIpc) is 2.92. The van der Waals surface area contributed by atoms with Crippen LogP contribution >= 0.6 is 0 Å². The van der Waals surface area contributed by atoms with Crippen molar-refractivity contribution in [3.05, 3.63) is 59.4 Å². The van der Waals surface area contributed by atoms with Crippen LogP contribution in [0.3, 0.4) is 0 Å². The molecule has 1 fully saturated rings. The summed E-state index contributed by atoms with van der Waals surface area (Å²) < 4.78 is 24.0. The van der Waals surface area contributed by atoms with Gasteiger partial charge in [0, 0.05) is 5.56 Å². The zero-order valence-electron chi connectivity index (χ0n) is 15.0. The van der Waals surface area contributed by atoms with E-state index >= 15 is 0 Å². The minimum atomic E-state index is -1.34. The first-order valence-corrected chi connectivity index (χ1v) is 8.71. The Balaban J connectivity index is 1.57. The third-order valence-corrected chi connectivity index (χ3v) is 4.86. The molecule has 0 aromatic heterocycles. The number of fused-ring (bicyclic) bond motifs is 1. The smallest absolute Gasteiger partial charge is 0.325 e. The molecule has 0 radical (unpaired) electrons. The van der Waals surface area contributed by atoms with Gasteiger partial charge in [-0.1, -0.05) is 6.07 Å². The lowest BCUT2D eigenvalue weighted by molar-refractivity contribution is -0.130. The Kier molecular flexibility index (Phi) is 4.26. The normalized spacial score (nSPS) is 20.9. The summed E-state index contributed by atoms with van der Waals surface area (Å²) in [6.07, 6.45) is 0. The van der Waals surface area contributed by atoms with Crippen molar-refractivity contribution in [1.82, 2.24) is 10.2 Å². The van der Waals surface area contributed by atoms with E-state index in [2.05, 4.69) is 5.32 Å². The number of carbonyl (C=O) groups is 3. The number of Topliss-reactive ketones (excluding diaryl/α,β-unsaturated/α-hetero) is 1. The van der Waals surface area contributed by atoms with Crippen LogP contribution in [0.4, 0.5) is 9.18 Å². The Labute approximate surface area is 160 Å². The average molecular weight is 384 g/mol. The molecule has 1 saturated heterocycles. The first-order chi connectivity index (χ1) is 13.4. The number of ketones is 1. The molecule has 0 spiro atoms. The van der Waals surface area contributed by atoms with E-state index in [0.29, 0.717) is 30.3 Å². The van der Waals surface area contributed by atoms with Gasteiger partial charge in [-0.05, 0) is 48.9 Å².